The highest BCUT2D eigenvalue weighted by atomic mass is 19.3. The van der Waals surface area contributed by atoms with E-state index in [4.69, 9.17) is 0 Å². The van der Waals surface area contributed by atoms with Crippen LogP contribution in [0.3, 0.4) is 0 Å². The number of benzene rings is 1. The summed E-state index contributed by atoms with van der Waals surface area (Å²) in [5.74, 6) is -6.97. The molecule has 0 aliphatic carbocycles. The number of hydrogen-bond donors (Lipinski definition) is 0. The number of carbonyl (C=O) groups excluding carboxylic acids is 1. The van der Waals surface area contributed by atoms with Crippen molar-refractivity contribution in [1.82, 2.24) is 0 Å². The monoisotopic (exact) mass is 234 g/mol. The summed E-state index contributed by atoms with van der Waals surface area (Å²) >= 11 is 0. The Morgan fingerprint density at radius 1 is 1.19 bits per heavy atom. The van der Waals surface area contributed by atoms with Gasteiger partial charge in [0.1, 0.15) is 11.6 Å². The van der Waals surface area contributed by atoms with Crippen molar-refractivity contribution in [2.75, 3.05) is 0 Å². The van der Waals surface area contributed by atoms with Crippen molar-refractivity contribution in [2.45, 2.75) is 19.8 Å². The van der Waals surface area contributed by atoms with Crippen molar-refractivity contribution in [3.8, 4) is 0 Å². The Labute approximate surface area is 90.1 Å². The van der Waals surface area contributed by atoms with Gasteiger partial charge in [-0.15, -0.1) is 0 Å². The van der Waals surface area contributed by atoms with Crippen LogP contribution in [-0.2, 0) is 5.92 Å². The van der Waals surface area contributed by atoms with E-state index in [0.717, 1.165) is 0 Å². The van der Waals surface area contributed by atoms with E-state index in [-0.39, 0.29) is 6.29 Å². The van der Waals surface area contributed by atoms with Crippen LogP contribution >= 0.6 is 0 Å². The van der Waals surface area contributed by atoms with Gasteiger partial charge in [0.2, 0.25) is 0 Å². The molecule has 0 unspecified atom stereocenters. The maximum absolute atomic E-state index is 13.5. The number of carbonyl (C=O) groups is 1. The lowest BCUT2D eigenvalue weighted by atomic mass is 9.96. The molecule has 0 heterocycles. The fourth-order valence-corrected chi connectivity index (χ4v) is 1.22. The highest BCUT2D eigenvalue weighted by Crippen LogP contribution is 2.36. The van der Waals surface area contributed by atoms with Crippen LogP contribution in [0.4, 0.5) is 17.6 Å². The molecule has 0 saturated carbocycles. The van der Waals surface area contributed by atoms with Crippen molar-refractivity contribution in [3.63, 3.8) is 0 Å². The molecule has 0 aliphatic heterocycles. The first-order valence-electron chi connectivity index (χ1n) is 4.63. The molecule has 88 valence electrons. The Bertz CT molecular complexity index is 389. The molecule has 0 saturated heterocycles. The summed E-state index contributed by atoms with van der Waals surface area (Å²) in [6.45, 7) is 2.48. The number of aldehydes is 1. The molecular weight excluding hydrogens is 224 g/mol. The smallest absolute Gasteiger partial charge is 0.275 e. The van der Waals surface area contributed by atoms with Crippen LogP contribution in [-0.4, -0.2) is 6.29 Å². The zero-order valence-corrected chi connectivity index (χ0v) is 8.73. The average molecular weight is 234 g/mol. The number of hydrogen-bond acceptors (Lipinski definition) is 1. The molecule has 0 N–H and O–H groups in total. The second kappa shape index (κ2) is 4.23. The molecule has 0 atom stereocenters. The van der Waals surface area contributed by atoms with Gasteiger partial charge in [0, 0.05) is 11.5 Å². The summed E-state index contributed by atoms with van der Waals surface area (Å²) in [5.41, 5.74) is -1.59. The molecule has 1 rings (SSSR count). The van der Waals surface area contributed by atoms with E-state index in [1.54, 1.807) is 0 Å². The molecule has 1 aromatic rings. The third kappa shape index (κ3) is 2.08. The van der Waals surface area contributed by atoms with Crippen molar-refractivity contribution < 1.29 is 22.4 Å². The molecular formula is C11H10F4O. The third-order valence-corrected chi connectivity index (χ3v) is 2.31. The Kier molecular flexibility index (Phi) is 3.35. The summed E-state index contributed by atoms with van der Waals surface area (Å²) in [6.07, 6.45) is -0.0397. The van der Waals surface area contributed by atoms with Crippen LogP contribution in [0.25, 0.3) is 0 Å². The van der Waals surface area contributed by atoms with Gasteiger partial charge in [-0.3, -0.25) is 4.79 Å². The lowest BCUT2D eigenvalue weighted by Crippen LogP contribution is -2.21. The molecule has 0 amide bonds. The van der Waals surface area contributed by atoms with Crippen molar-refractivity contribution >= 4 is 6.29 Å². The first kappa shape index (κ1) is 12.7. The van der Waals surface area contributed by atoms with E-state index in [0.29, 0.717) is 12.1 Å². The zero-order chi connectivity index (χ0) is 12.5. The first-order valence-corrected chi connectivity index (χ1v) is 4.63. The van der Waals surface area contributed by atoms with Crippen LogP contribution in [0, 0.1) is 17.6 Å². The van der Waals surface area contributed by atoms with E-state index in [9.17, 15) is 22.4 Å². The Morgan fingerprint density at radius 2 is 1.62 bits per heavy atom. The molecule has 0 aliphatic rings. The molecule has 0 spiro atoms. The Balaban J connectivity index is 3.34. The van der Waals surface area contributed by atoms with Gasteiger partial charge >= 0.3 is 0 Å². The molecule has 0 bridgehead atoms. The predicted molar refractivity (Wildman–Crippen MR) is 50.5 cm³/mol. The second-order valence-electron chi connectivity index (χ2n) is 3.75. The van der Waals surface area contributed by atoms with Crippen molar-refractivity contribution in [3.05, 3.63) is 34.9 Å². The van der Waals surface area contributed by atoms with Crippen LogP contribution in [0.2, 0.25) is 0 Å². The summed E-state index contributed by atoms with van der Waals surface area (Å²) in [4.78, 5) is 10.3. The predicted octanol–water partition coefficient (Wildman–Crippen LogP) is 3.53. The Morgan fingerprint density at radius 3 is 1.94 bits per heavy atom. The van der Waals surface area contributed by atoms with Gasteiger partial charge in [0.05, 0.1) is 5.56 Å². The highest BCUT2D eigenvalue weighted by molar-refractivity contribution is 5.75. The molecule has 0 radical (unpaired) electrons. The minimum absolute atomic E-state index is 0.0397. The van der Waals surface area contributed by atoms with Gasteiger partial charge in [-0.1, -0.05) is 13.8 Å². The van der Waals surface area contributed by atoms with E-state index >= 15 is 0 Å². The zero-order valence-electron chi connectivity index (χ0n) is 8.73. The van der Waals surface area contributed by atoms with Gasteiger partial charge in [-0.25, -0.2) is 17.6 Å². The Hall–Kier alpha value is -1.39. The fourth-order valence-electron chi connectivity index (χ4n) is 1.22. The second-order valence-corrected chi connectivity index (χ2v) is 3.75. The fraction of sp³-hybridized carbons (Fsp3) is 0.364. The number of halogens is 4. The van der Waals surface area contributed by atoms with E-state index < -0.39 is 34.6 Å². The van der Waals surface area contributed by atoms with Crippen LogP contribution in [0.5, 0.6) is 0 Å². The SMILES string of the molecule is CC(C)C(F)(F)c1cc(F)c(C=O)c(F)c1. The van der Waals surface area contributed by atoms with Gasteiger partial charge < -0.3 is 0 Å². The van der Waals surface area contributed by atoms with E-state index in [1.807, 2.05) is 0 Å². The van der Waals surface area contributed by atoms with Gasteiger partial charge in [0.25, 0.3) is 5.92 Å². The molecule has 1 aromatic carbocycles. The normalized spacial score (nSPS) is 11.9. The standard InChI is InChI=1S/C11H10F4O/c1-6(2)11(14,15)7-3-9(12)8(5-16)10(13)4-7/h3-6H,1-2H3. The van der Waals surface area contributed by atoms with Crippen molar-refractivity contribution in [1.29, 1.82) is 0 Å². The molecule has 16 heavy (non-hydrogen) atoms. The van der Waals surface area contributed by atoms with Gasteiger partial charge in [-0.05, 0) is 12.1 Å². The van der Waals surface area contributed by atoms with E-state index in [2.05, 4.69) is 0 Å². The third-order valence-electron chi connectivity index (χ3n) is 2.31. The largest absolute Gasteiger partial charge is 0.298 e. The van der Waals surface area contributed by atoms with Crippen LogP contribution in [0.1, 0.15) is 29.8 Å². The summed E-state index contributed by atoms with van der Waals surface area (Å²) in [7, 11) is 0. The van der Waals surface area contributed by atoms with Crippen LogP contribution < -0.4 is 0 Å². The summed E-state index contributed by atoms with van der Waals surface area (Å²) in [6, 6.07) is 0.986. The number of rotatable bonds is 3. The highest BCUT2D eigenvalue weighted by Gasteiger charge is 2.36. The molecule has 5 heteroatoms. The van der Waals surface area contributed by atoms with E-state index in [1.165, 1.54) is 13.8 Å². The summed E-state index contributed by atoms with van der Waals surface area (Å²) < 4.78 is 53.1. The minimum atomic E-state index is -3.33. The molecule has 0 fully saturated rings. The first-order chi connectivity index (χ1) is 7.30. The molecule has 0 aromatic heterocycles. The maximum Gasteiger partial charge on any atom is 0.275 e. The number of alkyl halides is 2. The average Bonchev–Trinajstić information content (AvgIpc) is 2.16. The quantitative estimate of drug-likeness (QED) is 0.577. The van der Waals surface area contributed by atoms with Gasteiger partial charge in [0.15, 0.2) is 6.29 Å². The van der Waals surface area contributed by atoms with Gasteiger partial charge in [-0.2, -0.15) is 0 Å². The molecule has 1 nitrogen and oxygen atoms in total. The lowest BCUT2D eigenvalue weighted by Gasteiger charge is -2.21. The summed E-state index contributed by atoms with van der Waals surface area (Å²) in [5, 5.41) is 0. The maximum atomic E-state index is 13.5. The van der Waals surface area contributed by atoms with Crippen LogP contribution in [0.15, 0.2) is 12.1 Å². The topological polar surface area (TPSA) is 17.1 Å². The van der Waals surface area contributed by atoms with Crippen molar-refractivity contribution in [2.24, 2.45) is 5.92 Å². The minimum Gasteiger partial charge on any atom is -0.298 e. The lowest BCUT2D eigenvalue weighted by molar-refractivity contribution is -0.0518.